The van der Waals surface area contributed by atoms with E-state index in [1.165, 1.54) is 14.2 Å². The van der Waals surface area contributed by atoms with Crippen LogP contribution in [0.25, 0.3) is 11.1 Å². The van der Waals surface area contributed by atoms with Crippen molar-refractivity contribution < 1.29 is 14.3 Å². The lowest BCUT2D eigenvalue weighted by molar-refractivity contribution is 0.0593. The second-order valence-corrected chi connectivity index (χ2v) is 3.49. The maximum atomic E-state index is 11.4. The summed E-state index contributed by atoms with van der Waals surface area (Å²) in [6.07, 6.45) is 3.39. The van der Waals surface area contributed by atoms with Gasteiger partial charge in [-0.2, -0.15) is 0 Å². The van der Waals surface area contributed by atoms with Crippen molar-refractivity contribution in [1.82, 2.24) is 9.97 Å². The van der Waals surface area contributed by atoms with E-state index >= 15 is 0 Å². The Hall–Kier alpha value is -2.43. The molecule has 0 aromatic carbocycles. The van der Waals surface area contributed by atoms with Crippen LogP contribution in [0.5, 0.6) is 5.88 Å². The number of aromatic nitrogens is 2. The van der Waals surface area contributed by atoms with Gasteiger partial charge in [0, 0.05) is 23.5 Å². The van der Waals surface area contributed by atoms with Crippen LogP contribution in [0.2, 0.25) is 0 Å². The van der Waals surface area contributed by atoms with Gasteiger partial charge in [0.2, 0.25) is 5.88 Å². The molecule has 0 aliphatic carbocycles. The van der Waals surface area contributed by atoms with Gasteiger partial charge in [-0.3, -0.25) is 4.98 Å². The number of hydrogen-bond donors (Lipinski definition) is 0. The van der Waals surface area contributed by atoms with Crippen molar-refractivity contribution in [2.75, 3.05) is 14.2 Å². The lowest BCUT2D eigenvalue weighted by atomic mass is 10.1. The molecular weight excluding hydrogens is 232 g/mol. The number of carbonyl (C=O) groups excluding carboxylic acids is 1. The minimum Gasteiger partial charge on any atom is -0.481 e. The van der Waals surface area contributed by atoms with E-state index in [2.05, 4.69) is 14.7 Å². The average molecular weight is 244 g/mol. The third-order valence-corrected chi connectivity index (χ3v) is 2.42. The highest BCUT2D eigenvalue weighted by Crippen LogP contribution is 2.27. The Bertz CT molecular complexity index is 555. The third kappa shape index (κ3) is 2.29. The van der Waals surface area contributed by atoms with E-state index in [-0.39, 0.29) is 5.69 Å². The molecule has 0 amide bonds. The summed E-state index contributed by atoms with van der Waals surface area (Å²) in [4.78, 5) is 19.5. The zero-order valence-corrected chi connectivity index (χ0v) is 10.1. The van der Waals surface area contributed by atoms with Crippen LogP contribution in [0.3, 0.4) is 0 Å². The van der Waals surface area contributed by atoms with Crippen molar-refractivity contribution in [3.8, 4) is 17.0 Å². The van der Waals surface area contributed by atoms with Gasteiger partial charge >= 0.3 is 5.97 Å². The summed E-state index contributed by atoms with van der Waals surface area (Å²) in [7, 11) is 2.81. The molecule has 0 bridgehead atoms. The Balaban J connectivity index is 2.47. The van der Waals surface area contributed by atoms with E-state index in [1.807, 2.05) is 12.1 Å². The maximum Gasteiger partial charge on any atom is 0.356 e. The molecule has 0 fully saturated rings. The van der Waals surface area contributed by atoms with E-state index in [4.69, 9.17) is 4.74 Å². The first kappa shape index (κ1) is 12.0. The predicted molar refractivity (Wildman–Crippen MR) is 65.4 cm³/mol. The Labute approximate surface area is 104 Å². The SMILES string of the molecule is COC(=O)c1ccc(-c2cccnc2)c(OC)n1. The molecular formula is C13H12N2O3. The van der Waals surface area contributed by atoms with Crippen LogP contribution in [0.4, 0.5) is 0 Å². The van der Waals surface area contributed by atoms with Gasteiger partial charge in [-0.1, -0.05) is 6.07 Å². The zero-order valence-electron chi connectivity index (χ0n) is 10.1. The maximum absolute atomic E-state index is 11.4. The van der Waals surface area contributed by atoms with Crippen LogP contribution >= 0.6 is 0 Å². The van der Waals surface area contributed by atoms with Gasteiger partial charge < -0.3 is 9.47 Å². The molecule has 0 saturated heterocycles. The van der Waals surface area contributed by atoms with E-state index < -0.39 is 5.97 Å². The van der Waals surface area contributed by atoms with Gasteiger partial charge in [0.15, 0.2) is 5.69 Å². The molecule has 2 rings (SSSR count). The second-order valence-electron chi connectivity index (χ2n) is 3.49. The molecule has 92 valence electrons. The van der Waals surface area contributed by atoms with Crippen molar-refractivity contribution in [1.29, 1.82) is 0 Å². The lowest BCUT2D eigenvalue weighted by Crippen LogP contribution is -2.05. The minimum absolute atomic E-state index is 0.210. The van der Waals surface area contributed by atoms with Crippen molar-refractivity contribution in [3.63, 3.8) is 0 Å². The van der Waals surface area contributed by atoms with Crippen molar-refractivity contribution in [2.45, 2.75) is 0 Å². The van der Waals surface area contributed by atoms with Crippen molar-refractivity contribution in [3.05, 3.63) is 42.4 Å². The van der Waals surface area contributed by atoms with Crippen LogP contribution < -0.4 is 4.74 Å². The monoisotopic (exact) mass is 244 g/mol. The Morgan fingerprint density at radius 2 is 2.06 bits per heavy atom. The Morgan fingerprint density at radius 3 is 2.67 bits per heavy atom. The highest BCUT2D eigenvalue weighted by Gasteiger charge is 2.13. The fourth-order valence-electron chi connectivity index (χ4n) is 1.56. The molecule has 0 atom stereocenters. The first-order valence-electron chi connectivity index (χ1n) is 5.30. The third-order valence-electron chi connectivity index (χ3n) is 2.42. The molecule has 5 nitrogen and oxygen atoms in total. The molecule has 0 unspecified atom stereocenters. The topological polar surface area (TPSA) is 61.3 Å². The average Bonchev–Trinajstić information content (AvgIpc) is 2.46. The zero-order chi connectivity index (χ0) is 13.0. The van der Waals surface area contributed by atoms with E-state index in [9.17, 15) is 4.79 Å². The summed E-state index contributed by atoms with van der Waals surface area (Å²) < 4.78 is 9.80. The first-order chi connectivity index (χ1) is 8.76. The number of ether oxygens (including phenoxy) is 2. The first-order valence-corrected chi connectivity index (χ1v) is 5.30. The molecule has 2 heterocycles. The Kier molecular flexibility index (Phi) is 3.52. The van der Waals surface area contributed by atoms with Gasteiger partial charge in [0.05, 0.1) is 14.2 Å². The van der Waals surface area contributed by atoms with Crippen LogP contribution in [0, 0.1) is 0 Å². The number of esters is 1. The van der Waals surface area contributed by atoms with E-state index in [0.717, 1.165) is 11.1 Å². The van der Waals surface area contributed by atoms with Gasteiger partial charge in [0.25, 0.3) is 0 Å². The van der Waals surface area contributed by atoms with Crippen molar-refractivity contribution in [2.24, 2.45) is 0 Å². The normalized spacial score (nSPS) is 9.89. The fourth-order valence-corrected chi connectivity index (χ4v) is 1.56. The molecule has 18 heavy (non-hydrogen) atoms. The summed E-state index contributed by atoms with van der Waals surface area (Å²) in [5, 5.41) is 0. The molecule has 0 N–H and O–H groups in total. The van der Waals surface area contributed by atoms with Crippen LogP contribution in [0.1, 0.15) is 10.5 Å². The number of methoxy groups -OCH3 is 2. The summed E-state index contributed by atoms with van der Waals surface area (Å²) >= 11 is 0. The number of carbonyl (C=O) groups is 1. The molecule has 0 radical (unpaired) electrons. The van der Waals surface area contributed by atoms with Crippen molar-refractivity contribution >= 4 is 5.97 Å². The minimum atomic E-state index is -0.494. The predicted octanol–water partition coefficient (Wildman–Crippen LogP) is 1.94. The van der Waals surface area contributed by atoms with Gasteiger partial charge in [-0.15, -0.1) is 0 Å². The second kappa shape index (κ2) is 5.27. The molecule has 2 aromatic rings. The molecule has 2 aromatic heterocycles. The lowest BCUT2D eigenvalue weighted by Gasteiger charge is -2.08. The van der Waals surface area contributed by atoms with Crippen LogP contribution in [-0.2, 0) is 4.74 Å². The highest BCUT2D eigenvalue weighted by molar-refractivity contribution is 5.88. The number of nitrogens with zero attached hydrogens (tertiary/aromatic N) is 2. The summed E-state index contributed by atoms with van der Waals surface area (Å²) in [6, 6.07) is 7.07. The standard InChI is InChI=1S/C13H12N2O3/c1-17-12-10(9-4-3-7-14-8-9)5-6-11(15-12)13(16)18-2/h3-8H,1-2H3. The van der Waals surface area contributed by atoms with Crippen LogP contribution in [-0.4, -0.2) is 30.2 Å². The van der Waals surface area contributed by atoms with Gasteiger partial charge in [0.1, 0.15) is 0 Å². The molecule has 0 aliphatic rings. The smallest absolute Gasteiger partial charge is 0.356 e. The summed E-state index contributed by atoms with van der Waals surface area (Å²) in [5.74, 6) is -0.128. The summed E-state index contributed by atoms with van der Waals surface area (Å²) in [5.41, 5.74) is 1.86. The van der Waals surface area contributed by atoms with Crippen LogP contribution in [0.15, 0.2) is 36.7 Å². The van der Waals surface area contributed by atoms with Gasteiger partial charge in [-0.05, 0) is 18.2 Å². The molecule has 5 heteroatoms. The van der Waals surface area contributed by atoms with E-state index in [1.54, 1.807) is 24.5 Å². The quantitative estimate of drug-likeness (QED) is 0.772. The van der Waals surface area contributed by atoms with Gasteiger partial charge in [-0.25, -0.2) is 9.78 Å². The highest BCUT2D eigenvalue weighted by atomic mass is 16.5. The molecule has 0 saturated carbocycles. The summed E-state index contributed by atoms with van der Waals surface area (Å²) in [6.45, 7) is 0. The van der Waals surface area contributed by atoms with E-state index in [0.29, 0.717) is 5.88 Å². The molecule has 0 spiro atoms. The largest absolute Gasteiger partial charge is 0.481 e. The molecule has 0 aliphatic heterocycles. The number of pyridine rings is 2. The fraction of sp³-hybridized carbons (Fsp3) is 0.154. The Morgan fingerprint density at radius 1 is 1.22 bits per heavy atom. The number of rotatable bonds is 3. The number of hydrogen-bond acceptors (Lipinski definition) is 5.